The molecule has 1 saturated heterocycles. The van der Waals surface area contributed by atoms with E-state index in [0.717, 1.165) is 12.8 Å². The van der Waals surface area contributed by atoms with Crippen LogP contribution in [0.3, 0.4) is 0 Å². The van der Waals surface area contributed by atoms with Crippen molar-refractivity contribution in [3.05, 3.63) is 29.0 Å². The van der Waals surface area contributed by atoms with Crippen LogP contribution in [-0.2, 0) is 4.79 Å². The molecule has 16 heavy (non-hydrogen) atoms. The Morgan fingerprint density at radius 3 is 3.00 bits per heavy atom. The third-order valence-electron chi connectivity index (χ3n) is 2.57. The van der Waals surface area contributed by atoms with Gasteiger partial charge in [-0.05, 0) is 31.0 Å². The van der Waals surface area contributed by atoms with Crippen LogP contribution in [0.1, 0.15) is 12.8 Å². The van der Waals surface area contributed by atoms with Crippen LogP contribution in [0.2, 0.25) is 5.02 Å². The first kappa shape index (κ1) is 11.9. The lowest BCUT2D eigenvalue weighted by atomic mass is 10.1. The molecule has 0 aromatic heterocycles. The quantitative estimate of drug-likeness (QED) is 0.729. The maximum Gasteiger partial charge on any atom is 0.240 e. The number of amides is 1. The lowest BCUT2D eigenvalue weighted by Gasteiger charge is -2.30. The van der Waals surface area contributed by atoms with Crippen LogP contribution in [0, 0.1) is 5.82 Å². The molecule has 1 heterocycles. The number of hydrogen-bond acceptors (Lipinski definition) is 1. The number of piperidine rings is 1. The highest BCUT2D eigenvalue weighted by atomic mass is 79.9. The molecule has 2 rings (SSSR count). The predicted molar refractivity (Wildman–Crippen MR) is 65.7 cm³/mol. The van der Waals surface area contributed by atoms with E-state index in [4.69, 9.17) is 11.6 Å². The summed E-state index contributed by atoms with van der Waals surface area (Å²) in [6.07, 6.45) is 1.69. The summed E-state index contributed by atoms with van der Waals surface area (Å²) in [5, 5.41) is 0.399. The van der Waals surface area contributed by atoms with Crippen LogP contribution in [0.25, 0.3) is 0 Å². The van der Waals surface area contributed by atoms with Gasteiger partial charge in [-0.15, -0.1) is 0 Å². The van der Waals surface area contributed by atoms with Crippen molar-refractivity contribution in [1.82, 2.24) is 0 Å². The van der Waals surface area contributed by atoms with Crippen molar-refractivity contribution in [2.45, 2.75) is 17.7 Å². The fourth-order valence-electron chi connectivity index (χ4n) is 1.76. The number of halogens is 3. The molecule has 2 nitrogen and oxygen atoms in total. The van der Waals surface area contributed by atoms with Crippen LogP contribution in [0.4, 0.5) is 10.1 Å². The fraction of sp³-hybridized carbons (Fsp3) is 0.364. The number of rotatable bonds is 1. The molecule has 1 aliphatic heterocycles. The van der Waals surface area contributed by atoms with E-state index in [0.29, 0.717) is 17.3 Å². The van der Waals surface area contributed by atoms with Crippen LogP contribution in [0.15, 0.2) is 18.2 Å². The molecule has 0 bridgehead atoms. The van der Waals surface area contributed by atoms with Gasteiger partial charge in [-0.25, -0.2) is 4.39 Å². The summed E-state index contributed by atoms with van der Waals surface area (Å²) in [5.74, 6) is -0.442. The van der Waals surface area contributed by atoms with E-state index in [2.05, 4.69) is 15.9 Å². The monoisotopic (exact) mass is 305 g/mol. The molecule has 1 aliphatic rings. The van der Waals surface area contributed by atoms with Gasteiger partial charge in [0, 0.05) is 6.54 Å². The Labute approximate surface area is 107 Å². The second-order valence-electron chi connectivity index (χ2n) is 3.70. The Bertz CT molecular complexity index is 426. The lowest BCUT2D eigenvalue weighted by molar-refractivity contribution is -0.118. The summed E-state index contributed by atoms with van der Waals surface area (Å²) in [5.41, 5.74) is 0.454. The predicted octanol–water partition coefficient (Wildman–Crippen LogP) is 3.37. The Morgan fingerprint density at radius 1 is 1.50 bits per heavy atom. The van der Waals surface area contributed by atoms with Gasteiger partial charge >= 0.3 is 0 Å². The Hall–Kier alpha value is -0.610. The van der Waals surface area contributed by atoms with Crippen molar-refractivity contribution < 1.29 is 9.18 Å². The van der Waals surface area contributed by atoms with Gasteiger partial charge in [0.05, 0.1) is 15.5 Å². The molecular weight excluding hydrogens is 296 g/mol. The van der Waals surface area contributed by atoms with Crippen molar-refractivity contribution in [2.75, 3.05) is 11.4 Å². The Morgan fingerprint density at radius 2 is 2.25 bits per heavy atom. The highest BCUT2D eigenvalue weighted by molar-refractivity contribution is 9.10. The van der Waals surface area contributed by atoms with Gasteiger partial charge in [0.2, 0.25) is 5.91 Å². The number of hydrogen-bond donors (Lipinski definition) is 0. The minimum Gasteiger partial charge on any atom is -0.310 e. The minimum atomic E-state index is -0.385. The molecule has 0 radical (unpaired) electrons. The molecule has 86 valence electrons. The van der Waals surface area contributed by atoms with Crippen LogP contribution >= 0.6 is 27.5 Å². The van der Waals surface area contributed by atoms with E-state index in [1.165, 1.54) is 23.1 Å². The topological polar surface area (TPSA) is 20.3 Å². The number of carbonyl (C=O) groups is 1. The van der Waals surface area contributed by atoms with Crippen molar-refractivity contribution >= 4 is 39.1 Å². The first-order valence-electron chi connectivity index (χ1n) is 5.00. The summed E-state index contributed by atoms with van der Waals surface area (Å²) < 4.78 is 13.1. The second-order valence-corrected chi connectivity index (χ2v) is 5.21. The first-order valence-corrected chi connectivity index (χ1v) is 6.29. The molecule has 0 aliphatic carbocycles. The van der Waals surface area contributed by atoms with Crippen molar-refractivity contribution in [3.8, 4) is 0 Å². The van der Waals surface area contributed by atoms with Gasteiger partial charge in [-0.3, -0.25) is 4.79 Å². The summed E-state index contributed by atoms with van der Waals surface area (Å²) in [6, 6.07) is 4.05. The van der Waals surface area contributed by atoms with E-state index < -0.39 is 0 Å². The zero-order valence-corrected chi connectivity index (χ0v) is 10.8. The van der Waals surface area contributed by atoms with Crippen LogP contribution in [-0.4, -0.2) is 17.3 Å². The first-order chi connectivity index (χ1) is 7.59. The van der Waals surface area contributed by atoms with Crippen LogP contribution in [0.5, 0.6) is 0 Å². The average molecular weight is 307 g/mol. The highest BCUT2D eigenvalue weighted by Crippen LogP contribution is 2.31. The van der Waals surface area contributed by atoms with Gasteiger partial charge in [0.15, 0.2) is 0 Å². The zero-order valence-electron chi connectivity index (χ0n) is 8.42. The molecule has 1 amide bonds. The lowest BCUT2D eigenvalue weighted by Crippen LogP contribution is -2.42. The molecule has 0 N–H and O–H groups in total. The van der Waals surface area contributed by atoms with Crippen molar-refractivity contribution in [2.24, 2.45) is 0 Å². The Kier molecular flexibility index (Phi) is 3.50. The molecule has 1 unspecified atom stereocenters. The van der Waals surface area contributed by atoms with E-state index in [-0.39, 0.29) is 16.6 Å². The summed E-state index contributed by atoms with van der Waals surface area (Å²) in [4.78, 5) is 13.2. The number of anilines is 1. The van der Waals surface area contributed by atoms with Crippen molar-refractivity contribution in [3.63, 3.8) is 0 Å². The van der Waals surface area contributed by atoms with E-state index in [1.54, 1.807) is 0 Å². The normalized spacial score (nSPS) is 21.3. The van der Waals surface area contributed by atoms with Crippen LogP contribution < -0.4 is 4.90 Å². The third kappa shape index (κ3) is 2.23. The zero-order chi connectivity index (χ0) is 11.7. The molecule has 1 fully saturated rings. The average Bonchev–Trinajstić information content (AvgIpc) is 2.26. The fourth-order valence-corrected chi connectivity index (χ4v) is 2.55. The summed E-state index contributed by atoms with van der Waals surface area (Å²) in [7, 11) is 0. The molecule has 1 aromatic carbocycles. The van der Waals surface area contributed by atoms with E-state index in [9.17, 15) is 9.18 Å². The standard InChI is InChI=1S/C11H10BrClFNO/c12-8-2-1-5-15(11(8)16)10-6-7(14)3-4-9(10)13/h3-4,6,8H,1-2,5H2. The van der Waals surface area contributed by atoms with Gasteiger partial charge in [-0.2, -0.15) is 0 Å². The maximum absolute atomic E-state index is 13.1. The summed E-state index contributed by atoms with van der Waals surface area (Å²) in [6.45, 7) is 0.587. The minimum absolute atomic E-state index is 0.0567. The van der Waals surface area contributed by atoms with Gasteiger partial charge in [0.1, 0.15) is 5.82 Å². The molecule has 5 heteroatoms. The SMILES string of the molecule is O=C1C(Br)CCCN1c1cc(F)ccc1Cl. The molecule has 1 atom stereocenters. The summed E-state index contributed by atoms with van der Waals surface area (Å²) >= 11 is 9.27. The van der Waals surface area contributed by atoms with Gasteiger partial charge in [-0.1, -0.05) is 27.5 Å². The number of alkyl halides is 1. The largest absolute Gasteiger partial charge is 0.310 e. The molecule has 0 spiro atoms. The Balaban J connectivity index is 2.35. The molecular formula is C11H10BrClFNO. The van der Waals surface area contributed by atoms with Gasteiger partial charge in [0.25, 0.3) is 0 Å². The number of nitrogens with zero attached hydrogens (tertiary/aromatic N) is 1. The number of carbonyl (C=O) groups excluding carboxylic acids is 1. The third-order valence-corrected chi connectivity index (χ3v) is 3.74. The van der Waals surface area contributed by atoms with Gasteiger partial charge < -0.3 is 4.90 Å². The number of benzene rings is 1. The molecule has 0 saturated carbocycles. The van der Waals surface area contributed by atoms with E-state index >= 15 is 0 Å². The highest BCUT2D eigenvalue weighted by Gasteiger charge is 2.28. The van der Waals surface area contributed by atoms with E-state index in [1.807, 2.05) is 0 Å². The van der Waals surface area contributed by atoms with Crippen molar-refractivity contribution in [1.29, 1.82) is 0 Å². The molecule has 1 aromatic rings. The maximum atomic E-state index is 13.1. The second kappa shape index (κ2) is 4.72. The smallest absolute Gasteiger partial charge is 0.240 e.